The van der Waals surface area contributed by atoms with Gasteiger partial charge in [0.1, 0.15) is 0 Å². The quantitative estimate of drug-likeness (QED) is 0.864. The van der Waals surface area contributed by atoms with Gasteiger partial charge >= 0.3 is 0 Å². The maximum Gasteiger partial charge on any atom is 0.242 e. The van der Waals surface area contributed by atoms with E-state index in [0.29, 0.717) is 0 Å². The first-order chi connectivity index (χ1) is 8.25. The van der Waals surface area contributed by atoms with E-state index in [2.05, 4.69) is 10.2 Å². The second kappa shape index (κ2) is 6.07. The van der Waals surface area contributed by atoms with Crippen LogP contribution in [0.25, 0.3) is 0 Å². The molecule has 1 N–H and O–H groups in total. The van der Waals surface area contributed by atoms with Crippen molar-refractivity contribution in [1.82, 2.24) is 10.2 Å². The molecule has 1 fully saturated rings. The van der Waals surface area contributed by atoms with Crippen molar-refractivity contribution in [3.05, 3.63) is 35.4 Å². The SMILES string of the molecule is FC(F)Cc1ccccc1CN1CCNCC1. The van der Waals surface area contributed by atoms with Gasteiger partial charge in [0.2, 0.25) is 6.43 Å². The average Bonchev–Trinajstić information content (AvgIpc) is 2.32. The first-order valence-electron chi connectivity index (χ1n) is 6.03. The van der Waals surface area contributed by atoms with E-state index in [1.165, 1.54) is 0 Å². The molecule has 2 nitrogen and oxygen atoms in total. The number of hydrogen-bond acceptors (Lipinski definition) is 2. The van der Waals surface area contributed by atoms with E-state index in [4.69, 9.17) is 0 Å². The average molecular weight is 240 g/mol. The predicted octanol–water partition coefficient (Wildman–Crippen LogP) is 1.90. The topological polar surface area (TPSA) is 15.3 Å². The number of piperazine rings is 1. The number of nitrogens with one attached hydrogen (secondary N) is 1. The lowest BCUT2D eigenvalue weighted by molar-refractivity contribution is 0.148. The van der Waals surface area contributed by atoms with Crippen molar-refractivity contribution in [2.75, 3.05) is 26.2 Å². The van der Waals surface area contributed by atoms with Crippen LogP contribution in [0.3, 0.4) is 0 Å². The van der Waals surface area contributed by atoms with E-state index in [0.717, 1.165) is 43.9 Å². The molecule has 4 heteroatoms. The fourth-order valence-electron chi connectivity index (χ4n) is 2.19. The van der Waals surface area contributed by atoms with Crippen LogP contribution in [-0.2, 0) is 13.0 Å². The van der Waals surface area contributed by atoms with Crippen LogP contribution >= 0.6 is 0 Å². The molecule has 0 atom stereocenters. The van der Waals surface area contributed by atoms with Crippen molar-refractivity contribution in [2.24, 2.45) is 0 Å². The summed E-state index contributed by atoms with van der Waals surface area (Å²) >= 11 is 0. The Labute approximate surface area is 101 Å². The largest absolute Gasteiger partial charge is 0.314 e. The highest BCUT2D eigenvalue weighted by Crippen LogP contribution is 2.15. The summed E-state index contributed by atoms with van der Waals surface area (Å²) in [5.41, 5.74) is 1.82. The van der Waals surface area contributed by atoms with Gasteiger partial charge in [0, 0.05) is 39.1 Å². The molecule has 0 aliphatic carbocycles. The Morgan fingerprint density at radius 1 is 1.12 bits per heavy atom. The third-order valence-corrected chi connectivity index (χ3v) is 3.10. The van der Waals surface area contributed by atoms with Crippen LogP contribution in [0.5, 0.6) is 0 Å². The zero-order valence-corrected chi connectivity index (χ0v) is 9.83. The summed E-state index contributed by atoms with van der Waals surface area (Å²) < 4.78 is 24.9. The van der Waals surface area contributed by atoms with Crippen LogP contribution in [0.2, 0.25) is 0 Å². The third kappa shape index (κ3) is 3.75. The first-order valence-corrected chi connectivity index (χ1v) is 6.03. The number of alkyl halides is 2. The minimum atomic E-state index is -2.26. The fourth-order valence-corrected chi connectivity index (χ4v) is 2.19. The molecule has 1 aromatic rings. The molecule has 1 aliphatic heterocycles. The molecule has 1 aliphatic rings. The van der Waals surface area contributed by atoms with Crippen molar-refractivity contribution in [1.29, 1.82) is 0 Å². The van der Waals surface area contributed by atoms with E-state index in [1.807, 2.05) is 24.3 Å². The van der Waals surface area contributed by atoms with Crippen LogP contribution in [0.4, 0.5) is 8.78 Å². The molecule has 94 valence electrons. The summed E-state index contributed by atoms with van der Waals surface area (Å²) in [7, 11) is 0. The molecule has 1 saturated heterocycles. The predicted molar refractivity (Wildman–Crippen MR) is 64.3 cm³/mol. The normalized spacial score (nSPS) is 17.6. The van der Waals surface area contributed by atoms with Crippen LogP contribution in [-0.4, -0.2) is 37.5 Å². The number of rotatable bonds is 4. The third-order valence-electron chi connectivity index (χ3n) is 3.10. The minimum absolute atomic E-state index is 0.137. The summed E-state index contributed by atoms with van der Waals surface area (Å²) in [6.07, 6.45) is -2.40. The second-order valence-corrected chi connectivity index (χ2v) is 4.39. The summed E-state index contributed by atoms with van der Waals surface area (Å²) in [5.74, 6) is 0. The smallest absolute Gasteiger partial charge is 0.242 e. The Bertz CT molecular complexity index is 349. The van der Waals surface area contributed by atoms with Gasteiger partial charge in [-0.05, 0) is 11.1 Å². The molecular formula is C13H18F2N2. The van der Waals surface area contributed by atoms with E-state index in [1.54, 1.807) is 0 Å². The maximum atomic E-state index is 12.5. The van der Waals surface area contributed by atoms with Crippen molar-refractivity contribution in [3.8, 4) is 0 Å². The molecule has 0 aromatic heterocycles. The Kier molecular flexibility index (Phi) is 4.45. The second-order valence-electron chi connectivity index (χ2n) is 4.39. The van der Waals surface area contributed by atoms with Crippen LogP contribution < -0.4 is 5.32 Å². The Balaban J connectivity index is 2.03. The number of hydrogen-bond donors (Lipinski definition) is 1. The number of halogens is 2. The molecule has 0 amide bonds. The van der Waals surface area contributed by atoms with Gasteiger partial charge in [0.15, 0.2) is 0 Å². The molecule has 1 heterocycles. The first kappa shape index (κ1) is 12.5. The van der Waals surface area contributed by atoms with Crippen molar-refractivity contribution in [3.63, 3.8) is 0 Å². The van der Waals surface area contributed by atoms with Crippen LogP contribution in [0.1, 0.15) is 11.1 Å². The highest BCUT2D eigenvalue weighted by Gasteiger charge is 2.13. The molecule has 0 saturated carbocycles. The Morgan fingerprint density at radius 3 is 2.41 bits per heavy atom. The van der Waals surface area contributed by atoms with E-state index in [9.17, 15) is 8.78 Å². The molecule has 0 bridgehead atoms. The molecular weight excluding hydrogens is 222 g/mol. The molecule has 1 aromatic carbocycles. The van der Waals surface area contributed by atoms with Gasteiger partial charge in [-0.3, -0.25) is 4.90 Å². The van der Waals surface area contributed by atoms with Crippen molar-refractivity contribution in [2.45, 2.75) is 19.4 Å². The van der Waals surface area contributed by atoms with Gasteiger partial charge in [-0.2, -0.15) is 0 Å². The van der Waals surface area contributed by atoms with Crippen LogP contribution in [0, 0.1) is 0 Å². The molecule has 0 radical (unpaired) electrons. The van der Waals surface area contributed by atoms with Gasteiger partial charge in [-0.25, -0.2) is 8.78 Å². The lowest BCUT2D eigenvalue weighted by Crippen LogP contribution is -2.43. The highest BCUT2D eigenvalue weighted by atomic mass is 19.3. The van der Waals surface area contributed by atoms with Crippen molar-refractivity contribution >= 4 is 0 Å². The van der Waals surface area contributed by atoms with Gasteiger partial charge in [0.25, 0.3) is 0 Å². The zero-order chi connectivity index (χ0) is 12.1. The number of nitrogens with zero attached hydrogens (tertiary/aromatic N) is 1. The lowest BCUT2D eigenvalue weighted by Gasteiger charge is -2.28. The summed E-state index contributed by atoms with van der Waals surface area (Å²) in [6.45, 7) is 4.73. The van der Waals surface area contributed by atoms with Crippen LogP contribution in [0.15, 0.2) is 24.3 Å². The van der Waals surface area contributed by atoms with Crippen molar-refractivity contribution < 1.29 is 8.78 Å². The molecule has 0 unspecified atom stereocenters. The van der Waals surface area contributed by atoms with Gasteiger partial charge < -0.3 is 5.32 Å². The molecule has 2 rings (SSSR count). The highest BCUT2D eigenvalue weighted by molar-refractivity contribution is 5.27. The zero-order valence-electron chi connectivity index (χ0n) is 9.83. The standard InChI is InChI=1S/C13H18F2N2/c14-13(15)9-11-3-1-2-4-12(11)10-17-7-5-16-6-8-17/h1-4,13,16H,5-10H2. The lowest BCUT2D eigenvalue weighted by atomic mass is 10.0. The van der Waals surface area contributed by atoms with E-state index in [-0.39, 0.29) is 6.42 Å². The Morgan fingerprint density at radius 2 is 1.76 bits per heavy atom. The minimum Gasteiger partial charge on any atom is -0.314 e. The van der Waals surface area contributed by atoms with E-state index >= 15 is 0 Å². The van der Waals surface area contributed by atoms with E-state index < -0.39 is 6.43 Å². The summed E-state index contributed by atoms with van der Waals surface area (Å²) in [5, 5.41) is 3.29. The fraction of sp³-hybridized carbons (Fsp3) is 0.538. The number of benzene rings is 1. The molecule has 0 spiro atoms. The van der Waals surface area contributed by atoms with Gasteiger partial charge in [-0.15, -0.1) is 0 Å². The summed E-state index contributed by atoms with van der Waals surface area (Å²) in [6, 6.07) is 7.52. The Hall–Kier alpha value is -1.00. The van der Waals surface area contributed by atoms with Gasteiger partial charge in [0.05, 0.1) is 0 Å². The molecule has 17 heavy (non-hydrogen) atoms. The monoisotopic (exact) mass is 240 g/mol. The summed E-state index contributed by atoms with van der Waals surface area (Å²) in [4.78, 5) is 2.31. The maximum absolute atomic E-state index is 12.5. The van der Waals surface area contributed by atoms with Gasteiger partial charge in [-0.1, -0.05) is 24.3 Å².